The van der Waals surface area contributed by atoms with E-state index < -0.39 is 0 Å². The highest BCUT2D eigenvalue weighted by Crippen LogP contribution is 2.38. The first-order valence-corrected chi connectivity index (χ1v) is 9.19. The molecule has 0 radical (unpaired) electrons. The first kappa shape index (κ1) is 17.1. The summed E-state index contributed by atoms with van der Waals surface area (Å²) in [4.78, 5) is 14.8. The fourth-order valence-electron chi connectivity index (χ4n) is 3.75. The topological polar surface area (TPSA) is 91.0 Å². The highest BCUT2D eigenvalue weighted by molar-refractivity contribution is 5.77. The van der Waals surface area contributed by atoms with Crippen LogP contribution >= 0.6 is 0 Å². The molecule has 0 unspecified atom stereocenters. The Balaban J connectivity index is 1.51. The molecule has 3 heterocycles. The van der Waals surface area contributed by atoms with Gasteiger partial charge in [0.05, 0.1) is 42.7 Å². The predicted octanol–water partition coefficient (Wildman–Crippen LogP) is 0.918. The third-order valence-electron chi connectivity index (χ3n) is 5.69. The zero-order valence-electron chi connectivity index (χ0n) is 15.4. The highest BCUT2D eigenvalue weighted by Gasteiger charge is 2.40. The number of rotatable bonds is 5. The highest BCUT2D eigenvalue weighted by atomic mass is 16.5. The second kappa shape index (κ2) is 6.79. The first-order chi connectivity index (χ1) is 12.6. The van der Waals surface area contributed by atoms with E-state index >= 15 is 0 Å². The zero-order valence-corrected chi connectivity index (χ0v) is 15.4. The molecule has 26 heavy (non-hydrogen) atoms. The Labute approximate surface area is 152 Å². The van der Waals surface area contributed by atoms with Crippen LogP contribution in [0.1, 0.15) is 49.2 Å². The van der Waals surface area contributed by atoms with Gasteiger partial charge >= 0.3 is 0 Å². The van der Waals surface area contributed by atoms with Crippen LogP contribution in [0.4, 0.5) is 0 Å². The zero-order chi connectivity index (χ0) is 18.1. The number of hydrogen-bond acceptors (Lipinski definition) is 6. The van der Waals surface area contributed by atoms with E-state index in [0.29, 0.717) is 19.5 Å². The van der Waals surface area contributed by atoms with Crippen molar-refractivity contribution in [3.05, 3.63) is 23.3 Å². The van der Waals surface area contributed by atoms with Gasteiger partial charge in [-0.2, -0.15) is 0 Å². The summed E-state index contributed by atoms with van der Waals surface area (Å²) in [7, 11) is 1.71. The van der Waals surface area contributed by atoms with E-state index in [1.54, 1.807) is 18.0 Å². The summed E-state index contributed by atoms with van der Waals surface area (Å²) in [5, 5.41) is 16.6. The second-order valence-corrected chi connectivity index (χ2v) is 7.33. The minimum atomic E-state index is -0.247. The molecular formula is C17H25N7O2. The molecule has 0 spiro atoms. The van der Waals surface area contributed by atoms with E-state index in [1.165, 1.54) is 0 Å². The van der Waals surface area contributed by atoms with Gasteiger partial charge in [-0.1, -0.05) is 10.4 Å². The molecule has 1 saturated carbocycles. The minimum Gasteiger partial charge on any atom is -0.378 e. The number of carbonyl (C=O) groups is 1. The van der Waals surface area contributed by atoms with E-state index in [-0.39, 0.29) is 11.5 Å². The number of carbonyl (C=O) groups excluding carboxylic acids is 1. The molecule has 9 heteroatoms. The van der Waals surface area contributed by atoms with Gasteiger partial charge in [-0.25, -0.2) is 9.36 Å². The van der Waals surface area contributed by atoms with Gasteiger partial charge in [-0.05, 0) is 32.6 Å². The van der Waals surface area contributed by atoms with E-state index in [1.807, 2.05) is 16.5 Å². The van der Waals surface area contributed by atoms with Gasteiger partial charge < -0.3 is 9.64 Å². The molecule has 1 fully saturated rings. The molecular weight excluding hydrogens is 334 g/mol. The largest absolute Gasteiger partial charge is 0.378 e. The summed E-state index contributed by atoms with van der Waals surface area (Å²) in [6, 6.07) is 0. The van der Waals surface area contributed by atoms with Crippen LogP contribution in [0.3, 0.4) is 0 Å². The van der Waals surface area contributed by atoms with Gasteiger partial charge in [-0.15, -0.1) is 10.2 Å². The van der Waals surface area contributed by atoms with E-state index in [2.05, 4.69) is 20.6 Å². The average Bonchev–Trinajstić information content (AvgIpc) is 3.10. The lowest BCUT2D eigenvalue weighted by Gasteiger charge is -2.41. The lowest BCUT2D eigenvalue weighted by atomic mass is 9.77. The molecule has 1 amide bonds. The third-order valence-corrected chi connectivity index (χ3v) is 5.69. The van der Waals surface area contributed by atoms with Gasteiger partial charge in [0, 0.05) is 20.2 Å². The summed E-state index contributed by atoms with van der Waals surface area (Å²) in [6.07, 6.45) is 6.14. The summed E-state index contributed by atoms with van der Waals surface area (Å²) in [5.74, 6) is 0.157. The van der Waals surface area contributed by atoms with Crippen molar-refractivity contribution >= 4 is 5.91 Å². The van der Waals surface area contributed by atoms with Crippen LogP contribution in [0.15, 0.2) is 6.20 Å². The molecule has 0 atom stereocenters. The van der Waals surface area contributed by atoms with Crippen molar-refractivity contribution in [2.24, 2.45) is 0 Å². The fraction of sp³-hybridized carbons (Fsp3) is 0.706. The molecule has 9 nitrogen and oxygen atoms in total. The monoisotopic (exact) mass is 359 g/mol. The van der Waals surface area contributed by atoms with Crippen molar-refractivity contribution in [3.8, 4) is 0 Å². The molecule has 2 aromatic rings. The number of methoxy groups -OCH3 is 1. The normalized spacial score (nSPS) is 18.9. The smallest absolute Gasteiger partial charge is 0.225 e. The van der Waals surface area contributed by atoms with Crippen molar-refractivity contribution in [3.63, 3.8) is 0 Å². The maximum Gasteiger partial charge on any atom is 0.225 e. The van der Waals surface area contributed by atoms with Crippen molar-refractivity contribution in [2.75, 3.05) is 13.7 Å². The summed E-state index contributed by atoms with van der Waals surface area (Å²) < 4.78 is 9.35. The Bertz CT molecular complexity index is 787. The Morgan fingerprint density at radius 2 is 2.12 bits per heavy atom. The van der Waals surface area contributed by atoms with Crippen LogP contribution in [0.25, 0.3) is 0 Å². The number of hydrogen-bond donors (Lipinski definition) is 0. The molecule has 140 valence electrons. The van der Waals surface area contributed by atoms with Crippen LogP contribution in [0.5, 0.6) is 0 Å². The van der Waals surface area contributed by atoms with Crippen LogP contribution in [-0.4, -0.2) is 60.1 Å². The number of ether oxygens (including phenoxy) is 1. The van der Waals surface area contributed by atoms with E-state index in [4.69, 9.17) is 4.74 Å². The molecule has 0 bridgehead atoms. The van der Waals surface area contributed by atoms with Crippen molar-refractivity contribution < 1.29 is 9.53 Å². The number of amides is 1. The molecule has 2 aromatic heterocycles. The standard InChI is InChI=1S/C17H25N7O2/c1-13-10-18-20-24(13)11-14-15-12-22(7-4-8-23(15)21-19-14)16(25)9-17(26-2)5-3-6-17/h10H,3-9,11-12H2,1-2H3. The summed E-state index contributed by atoms with van der Waals surface area (Å²) >= 11 is 0. The van der Waals surface area contributed by atoms with Gasteiger partial charge in [0.15, 0.2) is 0 Å². The molecule has 2 aliphatic rings. The molecule has 0 aromatic carbocycles. The molecule has 1 aliphatic carbocycles. The van der Waals surface area contributed by atoms with Gasteiger partial charge in [0.2, 0.25) is 5.91 Å². The Kier molecular flexibility index (Phi) is 4.47. The van der Waals surface area contributed by atoms with Crippen LogP contribution in [0, 0.1) is 6.92 Å². The number of aromatic nitrogens is 6. The third kappa shape index (κ3) is 3.11. The van der Waals surface area contributed by atoms with E-state index in [9.17, 15) is 4.79 Å². The van der Waals surface area contributed by atoms with Gasteiger partial charge in [-0.3, -0.25) is 4.79 Å². The summed E-state index contributed by atoms with van der Waals surface area (Å²) in [6.45, 7) is 4.53. The predicted molar refractivity (Wildman–Crippen MR) is 92.1 cm³/mol. The first-order valence-electron chi connectivity index (χ1n) is 9.19. The van der Waals surface area contributed by atoms with Crippen LogP contribution in [-0.2, 0) is 29.2 Å². The Morgan fingerprint density at radius 3 is 2.77 bits per heavy atom. The van der Waals surface area contributed by atoms with Crippen molar-refractivity contribution in [2.45, 2.75) is 64.3 Å². The van der Waals surface area contributed by atoms with E-state index in [0.717, 1.165) is 55.9 Å². The number of fused-ring (bicyclic) bond motifs is 1. The number of nitrogens with zero attached hydrogens (tertiary/aromatic N) is 7. The van der Waals surface area contributed by atoms with Crippen molar-refractivity contribution in [1.29, 1.82) is 0 Å². The minimum absolute atomic E-state index is 0.157. The Morgan fingerprint density at radius 1 is 1.27 bits per heavy atom. The Hall–Kier alpha value is -2.29. The fourth-order valence-corrected chi connectivity index (χ4v) is 3.75. The molecule has 1 aliphatic heterocycles. The van der Waals surface area contributed by atoms with Crippen LogP contribution in [0.2, 0.25) is 0 Å². The maximum absolute atomic E-state index is 12.9. The SMILES string of the molecule is COC1(CC(=O)N2CCCn3nnc(Cn4nncc4C)c3C2)CCC1. The van der Waals surface area contributed by atoms with Crippen LogP contribution < -0.4 is 0 Å². The number of aryl methyl sites for hydroxylation is 2. The maximum atomic E-state index is 12.9. The quantitative estimate of drug-likeness (QED) is 0.788. The van der Waals surface area contributed by atoms with Gasteiger partial charge in [0.25, 0.3) is 0 Å². The molecule has 4 rings (SSSR count). The second-order valence-electron chi connectivity index (χ2n) is 7.33. The van der Waals surface area contributed by atoms with Gasteiger partial charge in [0.1, 0.15) is 5.69 Å². The average molecular weight is 359 g/mol. The van der Waals surface area contributed by atoms with Crippen molar-refractivity contribution in [1.82, 2.24) is 34.9 Å². The molecule has 0 N–H and O–H groups in total. The lowest BCUT2D eigenvalue weighted by molar-refractivity contribution is -0.144. The lowest BCUT2D eigenvalue weighted by Crippen LogP contribution is -2.45. The molecule has 0 saturated heterocycles. The summed E-state index contributed by atoms with van der Waals surface area (Å²) in [5.41, 5.74) is 2.57.